The zero-order valence-electron chi connectivity index (χ0n) is 9.40. The number of nitrogens with one attached hydrogen (secondary N) is 3. The fourth-order valence-electron chi connectivity index (χ4n) is 1.06. The summed E-state index contributed by atoms with van der Waals surface area (Å²) in [6.45, 7) is 3.21. The first-order chi connectivity index (χ1) is 7.68. The molecule has 0 bridgehead atoms. The first kappa shape index (κ1) is 13.6. The molecule has 0 saturated heterocycles. The minimum absolute atomic E-state index is 0.0630. The van der Waals surface area contributed by atoms with Gasteiger partial charge in [-0.1, -0.05) is 0 Å². The van der Waals surface area contributed by atoms with Crippen LogP contribution in [-0.4, -0.2) is 30.5 Å². The van der Waals surface area contributed by atoms with Gasteiger partial charge in [-0.15, -0.1) is 0 Å². The molecule has 17 heavy (non-hydrogen) atoms. The molecule has 0 aromatic carbocycles. The van der Waals surface area contributed by atoms with Crippen LogP contribution in [0.15, 0.2) is 20.7 Å². The summed E-state index contributed by atoms with van der Waals surface area (Å²) in [5, 5.41) is 0. The molecule has 0 fully saturated rings. The summed E-state index contributed by atoms with van der Waals surface area (Å²) in [4.78, 5) is 25.5. The maximum absolute atomic E-state index is 11.8. The zero-order chi connectivity index (χ0) is 13.3. The van der Waals surface area contributed by atoms with Crippen LogP contribution in [0.3, 0.4) is 0 Å². The van der Waals surface area contributed by atoms with Gasteiger partial charge < -0.3 is 10.7 Å². The molecule has 1 rings (SSSR count). The van der Waals surface area contributed by atoms with Crippen molar-refractivity contribution in [3.05, 3.63) is 27.0 Å². The molecule has 1 aromatic rings. The van der Waals surface area contributed by atoms with E-state index in [0.29, 0.717) is 0 Å². The molecule has 0 unspecified atom stereocenters. The van der Waals surface area contributed by atoms with Crippen LogP contribution in [0.5, 0.6) is 0 Å². The van der Waals surface area contributed by atoms with Crippen molar-refractivity contribution in [3.8, 4) is 0 Å². The summed E-state index contributed by atoms with van der Waals surface area (Å²) in [7, 11) is -4.02. The predicted molar refractivity (Wildman–Crippen MR) is 61.1 cm³/mol. The fourth-order valence-corrected chi connectivity index (χ4v) is 2.49. The number of hydrogen-bond donors (Lipinski definition) is 4. The van der Waals surface area contributed by atoms with Gasteiger partial charge >= 0.3 is 5.69 Å². The van der Waals surface area contributed by atoms with E-state index in [0.717, 1.165) is 6.20 Å². The highest BCUT2D eigenvalue weighted by molar-refractivity contribution is 7.89. The van der Waals surface area contributed by atoms with Gasteiger partial charge in [0.1, 0.15) is 0 Å². The maximum atomic E-state index is 11.8. The first-order valence-corrected chi connectivity index (χ1v) is 6.22. The number of rotatable bonds is 4. The van der Waals surface area contributed by atoms with Gasteiger partial charge in [-0.3, -0.25) is 9.78 Å². The van der Waals surface area contributed by atoms with Crippen LogP contribution in [0, 0.1) is 0 Å². The molecule has 0 aliphatic carbocycles. The Balaban J connectivity index is 3.24. The predicted octanol–water partition coefficient (Wildman–Crippen LogP) is -1.92. The number of H-pyrrole nitrogens is 2. The van der Waals surface area contributed by atoms with Gasteiger partial charge in [-0.2, -0.15) is 0 Å². The molecule has 0 radical (unpaired) electrons. The SMILES string of the molecule is CC(C)(CN)NS(=O)(=O)c1c[nH]c(=O)[nH]c1=O. The second-order valence-corrected chi connectivity index (χ2v) is 5.78. The highest BCUT2D eigenvalue weighted by atomic mass is 32.2. The smallest absolute Gasteiger partial charge is 0.325 e. The Bertz CT molecular complexity index is 613. The van der Waals surface area contributed by atoms with E-state index in [2.05, 4.69) is 9.71 Å². The Morgan fingerprint density at radius 1 is 1.41 bits per heavy atom. The monoisotopic (exact) mass is 262 g/mol. The van der Waals surface area contributed by atoms with Crippen LogP contribution >= 0.6 is 0 Å². The normalized spacial score (nSPS) is 12.6. The second kappa shape index (κ2) is 4.43. The van der Waals surface area contributed by atoms with Gasteiger partial charge in [-0.05, 0) is 13.8 Å². The quantitative estimate of drug-likeness (QED) is 0.501. The van der Waals surface area contributed by atoms with Crippen LogP contribution < -0.4 is 21.7 Å². The zero-order valence-corrected chi connectivity index (χ0v) is 10.2. The van der Waals surface area contributed by atoms with E-state index in [-0.39, 0.29) is 6.54 Å². The lowest BCUT2D eigenvalue weighted by Crippen LogP contribution is -2.49. The third kappa shape index (κ3) is 3.25. The van der Waals surface area contributed by atoms with Gasteiger partial charge in [0.25, 0.3) is 5.56 Å². The lowest BCUT2D eigenvalue weighted by molar-refractivity contribution is 0.462. The Morgan fingerprint density at radius 3 is 2.47 bits per heavy atom. The van der Waals surface area contributed by atoms with E-state index >= 15 is 0 Å². The van der Waals surface area contributed by atoms with Gasteiger partial charge in [0.15, 0.2) is 4.90 Å². The molecule has 1 heterocycles. The lowest BCUT2D eigenvalue weighted by atomic mass is 10.1. The van der Waals surface area contributed by atoms with E-state index in [1.807, 2.05) is 4.98 Å². The van der Waals surface area contributed by atoms with Crippen LogP contribution in [0.2, 0.25) is 0 Å². The van der Waals surface area contributed by atoms with Crippen LogP contribution in [0.4, 0.5) is 0 Å². The Labute approximate surface area is 97.3 Å². The molecular weight excluding hydrogens is 248 g/mol. The third-order valence-corrected chi connectivity index (χ3v) is 3.70. The highest BCUT2D eigenvalue weighted by Gasteiger charge is 2.27. The van der Waals surface area contributed by atoms with E-state index < -0.39 is 31.7 Å². The van der Waals surface area contributed by atoms with Gasteiger partial charge in [0.2, 0.25) is 10.0 Å². The van der Waals surface area contributed by atoms with E-state index in [1.54, 1.807) is 13.8 Å². The molecule has 8 nitrogen and oxygen atoms in total. The third-order valence-electron chi connectivity index (χ3n) is 2.00. The Hall–Kier alpha value is -1.45. The Morgan fingerprint density at radius 2 is 2.00 bits per heavy atom. The van der Waals surface area contributed by atoms with Gasteiger partial charge in [0, 0.05) is 18.3 Å². The van der Waals surface area contributed by atoms with Crippen LogP contribution in [0.25, 0.3) is 0 Å². The summed E-state index contributed by atoms with van der Waals surface area (Å²) < 4.78 is 25.9. The average Bonchev–Trinajstić information content (AvgIpc) is 2.15. The molecule has 0 atom stereocenters. The van der Waals surface area contributed by atoms with Crippen molar-refractivity contribution < 1.29 is 8.42 Å². The number of aromatic nitrogens is 2. The first-order valence-electron chi connectivity index (χ1n) is 4.74. The van der Waals surface area contributed by atoms with E-state index in [9.17, 15) is 18.0 Å². The summed E-state index contributed by atoms with van der Waals surface area (Å²) in [6.07, 6.45) is 0.843. The molecular formula is C8H14N4O4S. The molecule has 96 valence electrons. The van der Waals surface area contributed by atoms with Crippen LogP contribution in [-0.2, 0) is 10.0 Å². The molecule has 9 heteroatoms. The van der Waals surface area contributed by atoms with Crippen molar-refractivity contribution in [2.75, 3.05) is 6.54 Å². The van der Waals surface area contributed by atoms with E-state index in [4.69, 9.17) is 5.73 Å². The standard InChI is InChI=1S/C8H14N4O4S/c1-8(2,4-9)12-17(15,16)5-3-10-7(14)11-6(5)13/h3,12H,4,9H2,1-2H3,(H2,10,11,13,14). The van der Waals surface area contributed by atoms with Gasteiger partial charge in [0.05, 0.1) is 0 Å². The lowest BCUT2D eigenvalue weighted by Gasteiger charge is -2.23. The molecule has 0 saturated carbocycles. The molecule has 0 spiro atoms. The molecule has 0 aliphatic heterocycles. The number of hydrogen-bond acceptors (Lipinski definition) is 5. The number of sulfonamides is 1. The van der Waals surface area contributed by atoms with Crippen molar-refractivity contribution in [3.63, 3.8) is 0 Å². The fraction of sp³-hybridized carbons (Fsp3) is 0.500. The van der Waals surface area contributed by atoms with Crippen molar-refractivity contribution >= 4 is 10.0 Å². The van der Waals surface area contributed by atoms with E-state index in [1.165, 1.54) is 0 Å². The van der Waals surface area contributed by atoms with Crippen molar-refractivity contribution in [2.45, 2.75) is 24.3 Å². The van der Waals surface area contributed by atoms with Gasteiger partial charge in [-0.25, -0.2) is 17.9 Å². The summed E-state index contributed by atoms with van der Waals surface area (Å²) in [6, 6.07) is 0. The summed E-state index contributed by atoms with van der Waals surface area (Å²) >= 11 is 0. The largest absolute Gasteiger partial charge is 0.329 e. The topological polar surface area (TPSA) is 138 Å². The molecule has 5 N–H and O–H groups in total. The second-order valence-electron chi connectivity index (χ2n) is 4.13. The molecule has 0 aliphatic rings. The van der Waals surface area contributed by atoms with Crippen LogP contribution in [0.1, 0.15) is 13.8 Å². The summed E-state index contributed by atoms with van der Waals surface area (Å²) in [5.74, 6) is 0. The minimum atomic E-state index is -4.02. The van der Waals surface area contributed by atoms with Crippen molar-refractivity contribution in [1.29, 1.82) is 0 Å². The Kier molecular flexibility index (Phi) is 3.55. The number of nitrogens with two attached hydrogens (primary N) is 1. The highest BCUT2D eigenvalue weighted by Crippen LogP contribution is 2.06. The average molecular weight is 262 g/mol. The minimum Gasteiger partial charge on any atom is -0.329 e. The summed E-state index contributed by atoms with van der Waals surface area (Å²) in [5.41, 5.74) is 2.75. The molecule has 1 aromatic heterocycles. The maximum Gasteiger partial charge on any atom is 0.325 e. The van der Waals surface area contributed by atoms with Crippen molar-refractivity contribution in [1.82, 2.24) is 14.7 Å². The van der Waals surface area contributed by atoms with Crippen molar-refractivity contribution in [2.24, 2.45) is 5.73 Å². The number of aromatic amines is 2. The molecule has 0 amide bonds.